The van der Waals surface area contributed by atoms with Crippen LogP contribution in [0.1, 0.15) is 45.1 Å². The fraction of sp³-hybridized carbons (Fsp3) is 0.273. The van der Waals surface area contributed by atoms with Gasteiger partial charge in [-0.25, -0.2) is 0 Å². The fourth-order valence-corrected chi connectivity index (χ4v) is 3.08. The summed E-state index contributed by atoms with van der Waals surface area (Å²) in [5.74, 6) is 0. The van der Waals surface area contributed by atoms with Crippen LogP contribution in [0.25, 0.3) is 5.70 Å². The molecule has 0 aromatic heterocycles. The van der Waals surface area contributed by atoms with Crippen molar-refractivity contribution < 1.29 is 0 Å². The predicted molar refractivity (Wildman–Crippen MR) is 115 cm³/mol. The molecule has 126 valence electrons. The summed E-state index contributed by atoms with van der Waals surface area (Å²) in [4.78, 5) is 2.26. The first-order valence-electron chi connectivity index (χ1n) is 8.60. The van der Waals surface area contributed by atoms with E-state index < -0.39 is 0 Å². The van der Waals surface area contributed by atoms with Crippen molar-refractivity contribution in [1.29, 1.82) is 0 Å². The maximum absolute atomic E-state index is 4.37. The van der Waals surface area contributed by atoms with Crippen LogP contribution >= 0.6 is 22.6 Å². The second kappa shape index (κ2) is 9.67. The summed E-state index contributed by atoms with van der Waals surface area (Å²) < 4.78 is 1.24. The molecule has 0 aliphatic carbocycles. The lowest BCUT2D eigenvalue weighted by Gasteiger charge is -2.28. The average Bonchev–Trinajstić information content (AvgIpc) is 2.61. The highest BCUT2D eigenvalue weighted by atomic mass is 127. The topological polar surface area (TPSA) is 3.24 Å². The van der Waals surface area contributed by atoms with Gasteiger partial charge in [-0.2, -0.15) is 0 Å². The highest BCUT2D eigenvalue weighted by Gasteiger charge is 2.14. The SMILES string of the molecule is C=C(c1ccccc1)N(/C(C)=C/CCCCC)c1ccc(I)cc1. The summed E-state index contributed by atoms with van der Waals surface area (Å²) in [6.45, 7) is 8.79. The molecule has 0 radical (unpaired) electrons. The zero-order chi connectivity index (χ0) is 17.4. The molecular formula is C22H26IN. The lowest BCUT2D eigenvalue weighted by Crippen LogP contribution is -2.18. The van der Waals surface area contributed by atoms with Crippen molar-refractivity contribution in [2.75, 3.05) is 4.90 Å². The number of anilines is 1. The Morgan fingerprint density at radius 2 is 1.71 bits per heavy atom. The van der Waals surface area contributed by atoms with Crippen LogP contribution < -0.4 is 4.90 Å². The molecule has 0 spiro atoms. The molecule has 1 nitrogen and oxygen atoms in total. The van der Waals surface area contributed by atoms with Gasteiger partial charge in [0.2, 0.25) is 0 Å². The van der Waals surface area contributed by atoms with Crippen LogP contribution in [0.4, 0.5) is 5.69 Å². The molecule has 2 aromatic rings. The molecule has 0 aliphatic rings. The zero-order valence-electron chi connectivity index (χ0n) is 14.6. The van der Waals surface area contributed by atoms with Crippen LogP contribution in [0.2, 0.25) is 0 Å². The number of rotatable bonds is 8. The van der Waals surface area contributed by atoms with E-state index in [9.17, 15) is 0 Å². The lowest BCUT2D eigenvalue weighted by atomic mass is 10.1. The van der Waals surface area contributed by atoms with E-state index >= 15 is 0 Å². The van der Waals surface area contributed by atoms with Gasteiger partial charge in [0, 0.05) is 20.7 Å². The normalized spacial score (nSPS) is 11.4. The number of halogens is 1. The summed E-state index contributed by atoms with van der Waals surface area (Å²) in [6, 6.07) is 19.0. The van der Waals surface area contributed by atoms with E-state index in [1.54, 1.807) is 0 Å². The van der Waals surface area contributed by atoms with Crippen LogP contribution in [-0.4, -0.2) is 0 Å². The highest BCUT2D eigenvalue weighted by molar-refractivity contribution is 14.1. The minimum atomic E-state index is 1.01. The van der Waals surface area contributed by atoms with Gasteiger partial charge >= 0.3 is 0 Å². The second-order valence-electron chi connectivity index (χ2n) is 5.97. The molecule has 2 rings (SSSR count). The van der Waals surface area contributed by atoms with E-state index in [0.717, 1.165) is 23.4 Å². The molecule has 0 atom stereocenters. The summed E-state index contributed by atoms with van der Waals surface area (Å²) in [7, 11) is 0. The first-order chi connectivity index (χ1) is 11.6. The molecule has 24 heavy (non-hydrogen) atoms. The molecule has 0 saturated carbocycles. The van der Waals surface area contributed by atoms with Gasteiger partial charge < -0.3 is 4.90 Å². The maximum atomic E-state index is 4.37. The Balaban J connectivity index is 2.30. The summed E-state index contributed by atoms with van der Waals surface area (Å²) in [5, 5.41) is 0. The number of benzene rings is 2. The third kappa shape index (κ3) is 5.23. The molecular weight excluding hydrogens is 405 g/mol. The Kier molecular flexibility index (Phi) is 7.57. The van der Waals surface area contributed by atoms with E-state index in [1.165, 1.54) is 28.5 Å². The van der Waals surface area contributed by atoms with Crippen LogP contribution in [0.3, 0.4) is 0 Å². The Bertz CT molecular complexity index is 671. The number of hydrogen-bond acceptors (Lipinski definition) is 1. The quantitative estimate of drug-likeness (QED) is 0.314. The molecule has 2 heteroatoms. The average molecular weight is 431 g/mol. The first-order valence-corrected chi connectivity index (χ1v) is 9.68. The summed E-state index contributed by atoms with van der Waals surface area (Å²) >= 11 is 2.34. The smallest absolute Gasteiger partial charge is 0.0458 e. The number of allylic oxidation sites excluding steroid dienone is 2. The Morgan fingerprint density at radius 1 is 1.04 bits per heavy atom. The predicted octanol–water partition coefficient (Wildman–Crippen LogP) is 7.25. The third-order valence-electron chi connectivity index (χ3n) is 4.06. The zero-order valence-corrected chi connectivity index (χ0v) is 16.8. The van der Waals surface area contributed by atoms with Crippen molar-refractivity contribution in [3.63, 3.8) is 0 Å². The van der Waals surface area contributed by atoms with Gasteiger partial charge in [0.15, 0.2) is 0 Å². The number of nitrogens with zero attached hydrogens (tertiary/aromatic N) is 1. The summed E-state index contributed by atoms with van der Waals surface area (Å²) in [5.41, 5.74) is 4.56. The van der Waals surface area contributed by atoms with Crippen molar-refractivity contribution in [2.45, 2.75) is 39.5 Å². The molecule has 0 bridgehead atoms. The van der Waals surface area contributed by atoms with Gasteiger partial charge in [0.1, 0.15) is 0 Å². The van der Waals surface area contributed by atoms with Crippen molar-refractivity contribution >= 4 is 34.0 Å². The summed E-state index contributed by atoms with van der Waals surface area (Å²) in [6.07, 6.45) is 7.23. The van der Waals surface area contributed by atoms with Crippen molar-refractivity contribution in [2.24, 2.45) is 0 Å². The van der Waals surface area contributed by atoms with Crippen LogP contribution in [0, 0.1) is 3.57 Å². The molecule has 0 saturated heterocycles. The highest BCUT2D eigenvalue weighted by Crippen LogP contribution is 2.30. The molecule has 2 aromatic carbocycles. The Labute approximate surface area is 160 Å². The molecule has 0 heterocycles. The molecule has 0 fully saturated rings. The van der Waals surface area contributed by atoms with E-state index in [1.807, 2.05) is 6.07 Å². The van der Waals surface area contributed by atoms with Crippen LogP contribution in [0.15, 0.2) is 72.9 Å². The number of hydrogen-bond donors (Lipinski definition) is 0. The third-order valence-corrected chi connectivity index (χ3v) is 4.78. The van der Waals surface area contributed by atoms with Gasteiger partial charge in [0.25, 0.3) is 0 Å². The van der Waals surface area contributed by atoms with E-state index in [0.29, 0.717) is 0 Å². The van der Waals surface area contributed by atoms with Crippen molar-refractivity contribution in [3.05, 3.63) is 82.1 Å². The minimum Gasteiger partial charge on any atom is -0.315 e. The van der Waals surface area contributed by atoms with Crippen molar-refractivity contribution in [3.8, 4) is 0 Å². The van der Waals surface area contributed by atoms with Crippen LogP contribution in [-0.2, 0) is 0 Å². The molecule has 0 unspecified atom stereocenters. The molecule has 0 aliphatic heterocycles. The standard InChI is InChI=1S/C22H26IN/c1-4-5-6-8-11-18(2)24(22-16-14-21(23)15-17-22)19(3)20-12-9-7-10-13-20/h7,9-17H,3-6,8H2,1-2H3/b18-11+. The van der Waals surface area contributed by atoms with Gasteiger partial charge in [-0.05, 0) is 72.2 Å². The lowest BCUT2D eigenvalue weighted by molar-refractivity contribution is 0.726. The van der Waals surface area contributed by atoms with E-state index in [2.05, 4.69) is 103 Å². The molecule has 0 amide bonds. The fourth-order valence-electron chi connectivity index (χ4n) is 2.72. The monoisotopic (exact) mass is 431 g/mol. The number of unbranched alkanes of at least 4 members (excludes halogenated alkanes) is 3. The van der Waals surface area contributed by atoms with Crippen LogP contribution in [0.5, 0.6) is 0 Å². The van der Waals surface area contributed by atoms with Gasteiger partial charge in [-0.3, -0.25) is 0 Å². The van der Waals surface area contributed by atoms with E-state index in [-0.39, 0.29) is 0 Å². The Morgan fingerprint density at radius 3 is 2.33 bits per heavy atom. The second-order valence-corrected chi connectivity index (χ2v) is 7.21. The van der Waals surface area contributed by atoms with Gasteiger partial charge in [-0.15, -0.1) is 0 Å². The van der Waals surface area contributed by atoms with Gasteiger partial charge in [0.05, 0.1) is 0 Å². The largest absolute Gasteiger partial charge is 0.315 e. The Hall–Kier alpha value is -1.55. The molecule has 0 N–H and O–H groups in total. The van der Waals surface area contributed by atoms with Gasteiger partial charge in [-0.1, -0.05) is 62.8 Å². The van der Waals surface area contributed by atoms with E-state index in [4.69, 9.17) is 0 Å². The maximum Gasteiger partial charge on any atom is 0.0458 e. The minimum absolute atomic E-state index is 1.01. The first kappa shape index (κ1) is 18.8. The van der Waals surface area contributed by atoms with Crippen molar-refractivity contribution in [1.82, 2.24) is 0 Å².